The Kier molecular flexibility index (Phi) is 6.22. The summed E-state index contributed by atoms with van der Waals surface area (Å²) < 4.78 is 9.06. The van der Waals surface area contributed by atoms with Crippen molar-refractivity contribution >= 4 is 61.8 Å². The van der Waals surface area contributed by atoms with Gasteiger partial charge in [0.05, 0.1) is 12.2 Å². The van der Waals surface area contributed by atoms with Crippen molar-refractivity contribution in [2.75, 3.05) is 11.5 Å². The number of ether oxygens (including phenoxy) is 1. The fourth-order valence-corrected chi connectivity index (χ4v) is 4.65. The van der Waals surface area contributed by atoms with E-state index < -0.39 is 0 Å². The summed E-state index contributed by atoms with van der Waals surface area (Å²) in [6, 6.07) is 23.6. The number of carbonyl (C=O) groups excluding carboxylic acids is 1. The number of rotatable bonds is 6. The lowest BCUT2D eigenvalue weighted by molar-refractivity contribution is -0.113. The van der Waals surface area contributed by atoms with Crippen molar-refractivity contribution in [2.45, 2.75) is 13.5 Å². The zero-order chi connectivity index (χ0) is 23.7. The highest BCUT2D eigenvalue weighted by atomic mass is 79.9. The first-order valence-electron chi connectivity index (χ1n) is 10.9. The van der Waals surface area contributed by atoms with Crippen molar-refractivity contribution in [3.8, 4) is 5.75 Å². The molecule has 1 amide bonds. The molecule has 0 aliphatic carbocycles. The Hall–Kier alpha value is -3.42. The number of aryl methyl sites for hydroxylation is 1. The number of amides is 1. The first-order valence-corrected chi connectivity index (χ1v) is 12.1. The second-order valence-corrected chi connectivity index (χ2v) is 9.37. The average Bonchev–Trinajstić information content (AvgIpc) is 3.31. The molecule has 1 saturated heterocycles. The van der Waals surface area contributed by atoms with Crippen LogP contribution < -0.4 is 15.0 Å². The number of halogens is 1. The van der Waals surface area contributed by atoms with Crippen LogP contribution in [0.1, 0.15) is 11.1 Å². The third kappa shape index (κ3) is 4.49. The maximum Gasteiger partial charge on any atom is 0.281 e. The summed E-state index contributed by atoms with van der Waals surface area (Å²) in [5, 5.41) is 4.49. The third-order valence-corrected chi connectivity index (χ3v) is 6.47. The smallest absolute Gasteiger partial charge is 0.281 e. The van der Waals surface area contributed by atoms with E-state index in [1.54, 1.807) is 0 Å². The molecule has 0 bridgehead atoms. The van der Waals surface area contributed by atoms with Crippen LogP contribution >= 0.6 is 28.1 Å². The van der Waals surface area contributed by atoms with Gasteiger partial charge in [0.25, 0.3) is 5.91 Å². The van der Waals surface area contributed by atoms with E-state index in [-0.39, 0.29) is 5.91 Å². The topological polar surface area (TPSA) is 46.5 Å². The molecule has 1 fully saturated rings. The second-order valence-electron chi connectivity index (χ2n) is 8.07. The van der Waals surface area contributed by atoms with Crippen molar-refractivity contribution in [1.29, 1.82) is 0 Å². The van der Waals surface area contributed by atoms with E-state index in [2.05, 4.69) is 44.9 Å². The van der Waals surface area contributed by atoms with Gasteiger partial charge in [-0.3, -0.25) is 9.69 Å². The van der Waals surface area contributed by atoms with Crippen LogP contribution in [0.2, 0.25) is 0 Å². The summed E-state index contributed by atoms with van der Waals surface area (Å²) in [4.78, 5) is 14.7. The van der Waals surface area contributed by atoms with Crippen molar-refractivity contribution in [1.82, 2.24) is 9.88 Å². The Bertz CT molecular complexity index is 1410. The van der Waals surface area contributed by atoms with Gasteiger partial charge in [0.1, 0.15) is 18.1 Å². The maximum atomic E-state index is 13.2. The summed E-state index contributed by atoms with van der Waals surface area (Å²) in [7, 11) is 0. The van der Waals surface area contributed by atoms with Crippen LogP contribution in [-0.2, 0) is 11.3 Å². The van der Waals surface area contributed by atoms with Crippen molar-refractivity contribution < 1.29 is 9.53 Å². The number of nitrogens with zero attached hydrogens (tertiary/aromatic N) is 2. The van der Waals surface area contributed by atoms with Crippen molar-refractivity contribution in [3.63, 3.8) is 0 Å². The van der Waals surface area contributed by atoms with E-state index in [1.807, 2.05) is 72.9 Å². The number of benzene rings is 3. The number of fused-ring (bicyclic) bond motifs is 1. The van der Waals surface area contributed by atoms with E-state index in [4.69, 9.17) is 17.0 Å². The van der Waals surface area contributed by atoms with Crippen molar-refractivity contribution in [3.05, 3.63) is 100 Å². The molecule has 0 radical (unpaired) electrons. The minimum atomic E-state index is -0.171. The fourth-order valence-electron chi connectivity index (χ4n) is 4.00. The molecule has 170 valence electrons. The maximum absolute atomic E-state index is 13.2. The zero-order valence-corrected chi connectivity index (χ0v) is 20.9. The number of hydrogen-bond donors (Lipinski definition) is 1. The number of aromatic nitrogens is 1. The Morgan fingerprint density at radius 3 is 2.59 bits per heavy atom. The average molecular weight is 532 g/mol. The van der Waals surface area contributed by atoms with Crippen LogP contribution in [0.4, 0.5) is 5.69 Å². The molecule has 4 aromatic rings. The molecular weight excluding hydrogens is 510 g/mol. The van der Waals surface area contributed by atoms with Crippen LogP contribution in [0.15, 0.2) is 89.2 Å². The van der Waals surface area contributed by atoms with E-state index in [1.165, 1.54) is 10.5 Å². The summed E-state index contributed by atoms with van der Waals surface area (Å²) in [6.07, 6.45) is 3.91. The number of carbonyl (C=O) groups is 1. The van der Waals surface area contributed by atoms with Crippen molar-refractivity contribution in [2.24, 2.45) is 0 Å². The van der Waals surface area contributed by atoms with Crippen LogP contribution in [0.3, 0.4) is 0 Å². The van der Waals surface area contributed by atoms with Gasteiger partial charge < -0.3 is 14.6 Å². The lowest BCUT2D eigenvalue weighted by Crippen LogP contribution is -2.30. The van der Waals surface area contributed by atoms with Crippen LogP contribution in [0.5, 0.6) is 5.75 Å². The first kappa shape index (κ1) is 22.4. The van der Waals surface area contributed by atoms with Gasteiger partial charge in [-0.15, -0.1) is 0 Å². The van der Waals surface area contributed by atoms with Gasteiger partial charge in [-0.2, -0.15) is 0 Å². The van der Waals surface area contributed by atoms with Gasteiger partial charge in [0.15, 0.2) is 5.11 Å². The molecule has 5 nitrogen and oxygen atoms in total. The van der Waals surface area contributed by atoms with Crippen LogP contribution in [0.25, 0.3) is 17.0 Å². The Morgan fingerprint density at radius 2 is 1.82 bits per heavy atom. The first-order chi connectivity index (χ1) is 16.5. The van der Waals surface area contributed by atoms with Gasteiger partial charge in [-0.25, -0.2) is 0 Å². The van der Waals surface area contributed by atoms with E-state index >= 15 is 0 Å². The largest absolute Gasteiger partial charge is 0.492 e. The number of nitrogens with one attached hydrogen (secondary N) is 1. The molecule has 0 saturated carbocycles. The molecule has 2 heterocycles. The molecule has 1 aromatic heterocycles. The monoisotopic (exact) mass is 531 g/mol. The second kappa shape index (κ2) is 9.44. The minimum Gasteiger partial charge on any atom is -0.492 e. The molecule has 0 unspecified atom stereocenters. The SMILES string of the molecule is Cc1ccc(OCCn2cc(/C=C3\NC(=S)N(c4ccccc4)C3=O)c3cc(Br)ccc32)cc1. The normalized spacial score (nSPS) is 14.8. The number of para-hydroxylation sites is 1. The van der Waals surface area contributed by atoms with E-state index in [0.717, 1.165) is 32.4 Å². The van der Waals surface area contributed by atoms with Gasteiger partial charge >= 0.3 is 0 Å². The van der Waals surface area contributed by atoms with Crippen LogP contribution in [-0.4, -0.2) is 22.2 Å². The van der Waals surface area contributed by atoms with E-state index in [9.17, 15) is 4.79 Å². The third-order valence-electron chi connectivity index (χ3n) is 5.69. The fraction of sp³-hybridized carbons (Fsp3) is 0.111. The molecule has 0 atom stereocenters. The number of hydrogen-bond acceptors (Lipinski definition) is 3. The van der Waals surface area contributed by atoms with Crippen LogP contribution in [0, 0.1) is 6.92 Å². The van der Waals surface area contributed by atoms with Gasteiger partial charge in [-0.1, -0.05) is 51.8 Å². The molecule has 1 aliphatic heterocycles. The molecule has 0 spiro atoms. The predicted octanol–water partition coefficient (Wildman–Crippen LogP) is 6.05. The zero-order valence-electron chi connectivity index (χ0n) is 18.5. The molecule has 1 aliphatic rings. The van der Waals surface area contributed by atoms with Gasteiger partial charge in [0, 0.05) is 27.1 Å². The molecule has 34 heavy (non-hydrogen) atoms. The Labute approximate surface area is 211 Å². The summed E-state index contributed by atoms with van der Waals surface area (Å²) >= 11 is 9.02. The predicted molar refractivity (Wildman–Crippen MR) is 144 cm³/mol. The molecule has 1 N–H and O–H groups in total. The summed E-state index contributed by atoms with van der Waals surface area (Å²) in [5.74, 6) is 0.678. The van der Waals surface area contributed by atoms with Gasteiger partial charge in [-0.05, 0) is 67.7 Å². The minimum absolute atomic E-state index is 0.171. The molecule has 5 rings (SSSR count). The molecular formula is C27H22BrN3O2S. The highest BCUT2D eigenvalue weighted by molar-refractivity contribution is 9.10. The summed E-state index contributed by atoms with van der Waals surface area (Å²) in [5.41, 5.74) is 4.39. The molecule has 3 aromatic carbocycles. The number of thiocarbonyl (C=S) groups is 1. The van der Waals surface area contributed by atoms with Gasteiger partial charge in [0.2, 0.25) is 0 Å². The quantitative estimate of drug-likeness (QED) is 0.243. The standard InChI is InChI=1S/C27H22BrN3O2S/c1-18-7-10-22(11-8-18)33-14-13-30-17-19(23-16-20(28)9-12-25(23)30)15-24-26(32)31(27(34)29-24)21-5-3-2-4-6-21/h2-12,15-17H,13-14H2,1H3,(H,29,34)/b24-15-. The lowest BCUT2D eigenvalue weighted by atomic mass is 10.1. The number of anilines is 1. The lowest BCUT2D eigenvalue weighted by Gasteiger charge is -2.13. The Morgan fingerprint density at radius 1 is 1.06 bits per heavy atom. The van der Waals surface area contributed by atoms with E-state index in [0.29, 0.717) is 24.0 Å². The molecule has 7 heteroatoms. The highest BCUT2D eigenvalue weighted by Gasteiger charge is 2.32. The Balaban J connectivity index is 1.42. The summed E-state index contributed by atoms with van der Waals surface area (Å²) in [6.45, 7) is 3.26. The highest BCUT2D eigenvalue weighted by Crippen LogP contribution is 2.29.